The van der Waals surface area contributed by atoms with Crippen molar-refractivity contribution in [2.45, 2.75) is 51.0 Å². The fourth-order valence-corrected chi connectivity index (χ4v) is 3.94. The second kappa shape index (κ2) is 4.90. The van der Waals surface area contributed by atoms with Gasteiger partial charge in [0, 0.05) is 23.3 Å². The van der Waals surface area contributed by atoms with Gasteiger partial charge >= 0.3 is 0 Å². The highest BCUT2D eigenvalue weighted by Crippen LogP contribution is 2.45. The molecule has 1 fully saturated rings. The second-order valence-corrected chi connectivity index (χ2v) is 6.45. The van der Waals surface area contributed by atoms with Crippen molar-refractivity contribution < 1.29 is 0 Å². The van der Waals surface area contributed by atoms with E-state index in [2.05, 4.69) is 40.0 Å². The van der Waals surface area contributed by atoms with Gasteiger partial charge in [-0.1, -0.05) is 25.1 Å². The zero-order valence-corrected chi connectivity index (χ0v) is 12.7. The smallest absolute Gasteiger partial charge is 0.0956 e. The van der Waals surface area contributed by atoms with Gasteiger partial charge in [0.15, 0.2) is 0 Å². The summed E-state index contributed by atoms with van der Waals surface area (Å²) >= 11 is 0. The number of nitrogens with zero attached hydrogens (tertiary/aromatic N) is 2. The van der Waals surface area contributed by atoms with Crippen LogP contribution < -0.4 is 5.32 Å². The van der Waals surface area contributed by atoms with Crippen molar-refractivity contribution >= 4 is 5.69 Å². The number of benzene rings is 1. The quantitative estimate of drug-likeness (QED) is 0.914. The van der Waals surface area contributed by atoms with Crippen LogP contribution in [-0.4, -0.2) is 16.1 Å². The third-order valence-corrected chi connectivity index (χ3v) is 5.44. The Balaban J connectivity index is 1.84. The van der Waals surface area contributed by atoms with Crippen LogP contribution in [0, 0.1) is 0 Å². The Morgan fingerprint density at radius 1 is 1.29 bits per heavy atom. The van der Waals surface area contributed by atoms with Gasteiger partial charge in [-0.3, -0.25) is 0 Å². The lowest BCUT2D eigenvalue weighted by molar-refractivity contribution is 0.138. The first kappa shape index (κ1) is 12.9. The summed E-state index contributed by atoms with van der Waals surface area (Å²) in [5.74, 6) is 0. The number of imidazole rings is 1. The molecule has 0 saturated heterocycles. The first-order valence-electron chi connectivity index (χ1n) is 8.23. The minimum absolute atomic E-state index is 0.309. The lowest BCUT2D eigenvalue weighted by Gasteiger charge is -2.43. The summed E-state index contributed by atoms with van der Waals surface area (Å²) in [6.45, 7) is 3.39. The average molecular weight is 281 g/mol. The molecular formula is C18H23N3. The molecule has 1 N–H and O–H groups in total. The van der Waals surface area contributed by atoms with E-state index in [0.717, 1.165) is 6.54 Å². The van der Waals surface area contributed by atoms with Crippen molar-refractivity contribution in [3.63, 3.8) is 0 Å². The van der Waals surface area contributed by atoms with E-state index in [9.17, 15) is 0 Å². The lowest BCUT2D eigenvalue weighted by atomic mass is 9.74. The highest BCUT2D eigenvalue weighted by Gasteiger charge is 2.38. The highest BCUT2D eigenvalue weighted by molar-refractivity contribution is 5.79. The minimum Gasteiger partial charge on any atom is -0.384 e. The number of fused-ring (bicyclic) bond motifs is 1. The maximum absolute atomic E-state index is 4.48. The molecule has 2 aromatic rings. The molecule has 1 saturated carbocycles. The van der Waals surface area contributed by atoms with E-state index in [0.29, 0.717) is 5.54 Å². The van der Waals surface area contributed by atoms with Crippen molar-refractivity contribution in [3.8, 4) is 11.3 Å². The van der Waals surface area contributed by atoms with Crippen molar-refractivity contribution in [2.24, 2.45) is 0 Å². The number of rotatable bonds is 3. The molecule has 0 spiro atoms. The number of nitrogens with one attached hydrogen (secondary N) is 1. The topological polar surface area (TPSA) is 29.9 Å². The van der Waals surface area contributed by atoms with E-state index >= 15 is 0 Å². The normalized spacial score (nSPS) is 19.5. The first-order valence-corrected chi connectivity index (χ1v) is 8.23. The lowest BCUT2D eigenvalue weighted by Crippen LogP contribution is -2.39. The van der Waals surface area contributed by atoms with Gasteiger partial charge in [0.2, 0.25) is 0 Å². The minimum atomic E-state index is 0.309. The monoisotopic (exact) mass is 281 g/mol. The number of anilines is 1. The Labute approximate surface area is 126 Å². The molecule has 0 radical (unpaired) electrons. The SMILES string of the molecule is CCC1(n2cncc2-c2cccc3c2NCCC3)CCC1. The Bertz CT molecular complexity index is 647. The van der Waals surface area contributed by atoms with Gasteiger partial charge in [-0.25, -0.2) is 4.98 Å². The molecule has 0 amide bonds. The van der Waals surface area contributed by atoms with E-state index < -0.39 is 0 Å². The van der Waals surface area contributed by atoms with Crippen molar-refractivity contribution in [1.29, 1.82) is 0 Å². The summed E-state index contributed by atoms with van der Waals surface area (Å²) in [7, 11) is 0. The number of hydrogen-bond acceptors (Lipinski definition) is 2. The van der Waals surface area contributed by atoms with Crippen LogP contribution in [0.15, 0.2) is 30.7 Å². The van der Waals surface area contributed by atoms with Crippen LogP contribution in [0.3, 0.4) is 0 Å². The van der Waals surface area contributed by atoms with Crippen molar-refractivity contribution in [1.82, 2.24) is 9.55 Å². The van der Waals surface area contributed by atoms with Gasteiger partial charge in [-0.05, 0) is 44.1 Å². The zero-order valence-electron chi connectivity index (χ0n) is 12.7. The highest BCUT2D eigenvalue weighted by atomic mass is 15.1. The van der Waals surface area contributed by atoms with Gasteiger partial charge in [0.05, 0.1) is 18.2 Å². The molecule has 110 valence electrons. The molecule has 3 heteroatoms. The number of aromatic nitrogens is 2. The van der Waals surface area contributed by atoms with Gasteiger partial charge in [-0.2, -0.15) is 0 Å². The maximum atomic E-state index is 4.48. The van der Waals surface area contributed by atoms with Crippen LogP contribution in [0.4, 0.5) is 5.69 Å². The molecule has 0 unspecified atom stereocenters. The van der Waals surface area contributed by atoms with Crippen LogP contribution >= 0.6 is 0 Å². The van der Waals surface area contributed by atoms with Gasteiger partial charge < -0.3 is 9.88 Å². The standard InChI is InChI=1S/C18H23N3/c1-2-18(9-5-10-18)21-13-19-12-16(21)15-8-3-6-14-7-4-11-20-17(14)15/h3,6,8,12-13,20H,2,4-5,7,9-11H2,1H3. The first-order chi connectivity index (χ1) is 10.3. The summed E-state index contributed by atoms with van der Waals surface area (Å²) in [6.07, 6.45) is 11.6. The molecule has 2 aliphatic rings. The molecule has 0 bridgehead atoms. The third-order valence-electron chi connectivity index (χ3n) is 5.44. The molecular weight excluding hydrogens is 258 g/mol. The molecule has 1 aliphatic carbocycles. The summed E-state index contributed by atoms with van der Waals surface area (Å²) in [6, 6.07) is 6.69. The molecule has 0 atom stereocenters. The van der Waals surface area contributed by atoms with E-state index in [1.165, 1.54) is 61.0 Å². The predicted octanol–water partition coefficient (Wildman–Crippen LogP) is 4.20. The number of para-hydroxylation sites is 1. The van der Waals surface area contributed by atoms with E-state index in [4.69, 9.17) is 0 Å². The predicted molar refractivity (Wildman–Crippen MR) is 86.6 cm³/mol. The van der Waals surface area contributed by atoms with Gasteiger partial charge in [0.1, 0.15) is 0 Å². The molecule has 4 rings (SSSR count). The Kier molecular flexibility index (Phi) is 3.02. The largest absolute Gasteiger partial charge is 0.384 e. The molecule has 1 aliphatic heterocycles. The number of hydrogen-bond donors (Lipinski definition) is 1. The summed E-state index contributed by atoms with van der Waals surface area (Å²) in [4.78, 5) is 4.48. The van der Waals surface area contributed by atoms with E-state index in [-0.39, 0.29) is 0 Å². The average Bonchev–Trinajstić information content (AvgIpc) is 2.96. The van der Waals surface area contributed by atoms with Crippen molar-refractivity contribution in [3.05, 3.63) is 36.3 Å². The van der Waals surface area contributed by atoms with E-state index in [1.807, 2.05) is 12.5 Å². The van der Waals surface area contributed by atoms with Crippen molar-refractivity contribution in [2.75, 3.05) is 11.9 Å². The van der Waals surface area contributed by atoms with Crippen LogP contribution in [0.5, 0.6) is 0 Å². The van der Waals surface area contributed by atoms with Crippen LogP contribution in [0.25, 0.3) is 11.3 Å². The number of aryl methyl sites for hydroxylation is 1. The molecule has 1 aromatic carbocycles. The third kappa shape index (κ3) is 1.90. The second-order valence-electron chi connectivity index (χ2n) is 6.45. The molecule has 1 aromatic heterocycles. The fourth-order valence-electron chi connectivity index (χ4n) is 3.94. The zero-order chi connectivity index (χ0) is 14.3. The molecule has 2 heterocycles. The van der Waals surface area contributed by atoms with Gasteiger partial charge in [0.25, 0.3) is 0 Å². The summed E-state index contributed by atoms with van der Waals surface area (Å²) < 4.78 is 2.45. The molecule has 3 nitrogen and oxygen atoms in total. The Morgan fingerprint density at radius 2 is 2.19 bits per heavy atom. The fraction of sp³-hybridized carbons (Fsp3) is 0.500. The van der Waals surface area contributed by atoms with Crippen LogP contribution in [-0.2, 0) is 12.0 Å². The Hall–Kier alpha value is -1.77. The van der Waals surface area contributed by atoms with Crippen LogP contribution in [0.1, 0.15) is 44.6 Å². The van der Waals surface area contributed by atoms with E-state index in [1.54, 1.807) is 0 Å². The maximum Gasteiger partial charge on any atom is 0.0956 e. The van der Waals surface area contributed by atoms with Gasteiger partial charge in [-0.15, -0.1) is 0 Å². The summed E-state index contributed by atoms with van der Waals surface area (Å²) in [5.41, 5.74) is 5.69. The Morgan fingerprint density at radius 3 is 2.95 bits per heavy atom. The molecule has 21 heavy (non-hydrogen) atoms. The van der Waals surface area contributed by atoms with Crippen LogP contribution in [0.2, 0.25) is 0 Å². The summed E-state index contributed by atoms with van der Waals surface area (Å²) in [5, 5.41) is 3.61.